The van der Waals surface area contributed by atoms with Crippen LogP contribution >= 0.6 is 0 Å². The van der Waals surface area contributed by atoms with Gasteiger partial charge in [0.25, 0.3) is 0 Å². The molecule has 4 aromatic rings. The molecule has 2 heterocycles. The predicted molar refractivity (Wildman–Crippen MR) is 114 cm³/mol. The lowest BCUT2D eigenvalue weighted by atomic mass is 9.90. The van der Waals surface area contributed by atoms with Crippen LogP contribution in [0.3, 0.4) is 0 Å². The van der Waals surface area contributed by atoms with Gasteiger partial charge in [-0.2, -0.15) is 0 Å². The van der Waals surface area contributed by atoms with Crippen LogP contribution in [0, 0.1) is 0 Å². The van der Waals surface area contributed by atoms with Gasteiger partial charge >= 0.3 is 0 Å². The average molecular weight is 349 g/mol. The molecule has 1 aromatic heterocycles. The molecule has 2 heteroatoms. The van der Waals surface area contributed by atoms with E-state index in [9.17, 15) is 0 Å². The van der Waals surface area contributed by atoms with Crippen molar-refractivity contribution in [3.05, 3.63) is 102 Å². The fraction of sp³-hybridized carbons (Fsp3) is 0.0800. The minimum absolute atomic E-state index is 1.24. The zero-order chi connectivity index (χ0) is 18.4. The number of aromatic nitrogens is 1. The fourth-order valence-electron chi connectivity index (χ4n) is 4.14. The topological polar surface area (TPSA) is 7.94 Å². The smallest absolute Gasteiger partial charge is 0.213 e. The molecular formula is C25H21N2+. The molecule has 0 spiro atoms. The Morgan fingerprint density at radius 1 is 0.815 bits per heavy atom. The summed E-state index contributed by atoms with van der Waals surface area (Å²) in [5, 5.41) is 1.28. The first-order valence-corrected chi connectivity index (χ1v) is 9.25. The van der Waals surface area contributed by atoms with Gasteiger partial charge in [-0.15, -0.1) is 0 Å². The van der Waals surface area contributed by atoms with Crippen LogP contribution in [0.15, 0.2) is 85.1 Å². The van der Waals surface area contributed by atoms with Crippen LogP contribution in [0.1, 0.15) is 16.7 Å². The maximum Gasteiger partial charge on any atom is 0.213 e. The van der Waals surface area contributed by atoms with E-state index in [1.54, 1.807) is 0 Å². The molecule has 2 nitrogen and oxygen atoms in total. The zero-order valence-electron chi connectivity index (χ0n) is 15.6. The highest BCUT2D eigenvalue weighted by molar-refractivity contribution is 6.25. The third-order valence-corrected chi connectivity index (χ3v) is 5.40. The van der Waals surface area contributed by atoms with E-state index in [-0.39, 0.29) is 0 Å². The summed E-state index contributed by atoms with van der Waals surface area (Å²) in [7, 11) is 4.25. The first kappa shape index (κ1) is 15.8. The van der Waals surface area contributed by atoms with Gasteiger partial charge < -0.3 is 4.57 Å². The van der Waals surface area contributed by atoms with E-state index in [0.29, 0.717) is 0 Å². The normalized spacial score (nSPS) is 15.0. The highest BCUT2D eigenvalue weighted by Crippen LogP contribution is 2.40. The van der Waals surface area contributed by atoms with Crippen molar-refractivity contribution in [3.63, 3.8) is 0 Å². The van der Waals surface area contributed by atoms with Gasteiger partial charge in [-0.1, -0.05) is 60.7 Å². The Hall–Kier alpha value is -3.39. The van der Waals surface area contributed by atoms with Crippen LogP contribution in [0.4, 0.5) is 5.69 Å². The summed E-state index contributed by atoms with van der Waals surface area (Å²) in [4.78, 5) is 0. The van der Waals surface area contributed by atoms with E-state index < -0.39 is 0 Å². The molecule has 1 aliphatic rings. The van der Waals surface area contributed by atoms with Crippen molar-refractivity contribution in [1.29, 1.82) is 0 Å². The van der Waals surface area contributed by atoms with E-state index in [4.69, 9.17) is 0 Å². The molecule has 130 valence electrons. The summed E-state index contributed by atoms with van der Waals surface area (Å²) < 4.78 is 4.44. The zero-order valence-corrected chi connectivity index (χ0v) is 15.6. The minimum atomic E-state index is 1.24. The Labute approximate surface area is 159 Å². The van der Waals surface area contributed by atoms with Crippen molar-refractivity contribution >= 4 is 34.0 Å². The number of para-hydroxylation sites is 2. The van der Waals surface area contributed by atoms with Gasteiger partial charge in [-0.3, -0.25) is 0 Å². The SMILES string of the molecule is Cn1cc(/C(=C2\C=[N+](C)c3ccccc32)c2ccccc2)c2ccccc21. The second-order valence-electron chi connectivity index (χ2n) is 7.08. The second kappa shape index (κ2) is 6.10. The lowest BCUT2D eigenvalue weighted by Crippen LogP contribution is -1.95. The highest BCUT2D eigenvalue weighted by atomic mass is 15.0. The first-order chi connectivity index (χ1) is 13.2. The molecule has 0 unspecified atom stereocenters. The maximum absolute atomic E-state index is 2.26. The summed E-state index contributed by atoms with van der Waals surface area (Å²) >= 11 is 0. The molecule has 0 bridgehead atoms. The van der Waals surface area contributed by atoms with Crippen molar-refractivity contribution in [3.8, 4) is 0 Å². The largest absolute Gasteiger partial charge is 0.350 e. The van der Waals surface area contributed by atoms with Gasteiger partial charge in [0.1, 0.15) is 7.05 Å². The van der Waals surface area contributed by atoms with Crippen LogP contribution < -0.4 is 0 Å². The molecule has 0 atom stereocenters. The van der Waals surface area contributed by atoms with Crippen LogP contribution in [0.2, 0.25) is 0 Å². The van der Waals surface area contributed by atoms with E-state index in [0.717, 1.165) is 0 Å². The minimum Gasteiger partial charge on any atom is -0.350 e. The first-order valence-electron chi connectivity index (χ1n) is 9.25. The molecule has 0 aliphatic carbocycles. The average Bonchev–Trinajstić information content (AvgIpc) is 3.22. The number of benzene rings is 3. The standard InChI is InChI=1S/C25H21N2/c1-26-16-21(19-12-6-8-14-23(19)26)25(18-10-4-3-5-11-18)22-17-27(2)24-15-9-7-13-20(22)24/h3-17H,1-2H3/q+1. The molecular weight excluding hydrogens is 328 g/mol. The molecule has 3 aromatic carbocycles. The van der Waals surface area contributed by atoms with Gasteiger partial charge in [0.15, 0.2) is 6.21 Å². The van der Waals surface area contributed by atoms with E-state index in [1.165, 1.54) is 44.4 Å². The van der Waals surface area contributed by atoms with Gasteiger partial charge in [0.2, 0.25) is 5.69 Å². The number of nitrogens with zero attached hydrogens (tertiary/aromatic N) is 2. The lowest BCUT2D eigenvalue weighted by Gasteiger charge is -2.10. The van der Waals surface area contributed by atoms with Crippen molar-refractivity contribution < 1.29 is 4.58 Å². The predicted octanol–water partition coefficient (Wildman–Crippen LogP) is 5.50. The summed E-state index contributed by atoms with van der Waals surface area (Å²) in [5.74, 6) is 0. The lowest BCUT2D eigenvalue weighted by molar-refractivity contribution is -0.395. The van der Waals surface area contributed by atoms with Crippen LogP contribution in [-0.2, 0) is 7.05 Å². The number of aryl methyl sites for hydroxylation is 1. The van der Waals surface area contributed by atoms with Gasteiger partial charge in [-0.05, 0) is 17.7 Å². The van der Waals surface area contributed by atoms with Crippen LogP contribution in [0.25, 0.3) is 22.0 Å². The Morgan fingerprint density at radius 3 is 2.37 bits per heavy atom. The molecule has 0 saturated heterocycles. The van der Waals surface area contributed by atoms with Crippen LogP contribution in [-0.4, -0.2) is 22.4 Å². The highest BCUT2D eigenvalue weighted by Gasteiger charge is 2.27. The Bertz CT molecular complexity index is 1220. The molecule has 5 rings (SSSR count). The summed E-state index contributed by atoms with van der Waals surface area (Å²) in [5.41, 5.74) is 8.86. The van der Waals surface area contributed by atoms with Crippen molar-refractivity contribution in [1.82, 2.24) is 4.57 Å². The Kier molecular flexibility index (Phi) is 3.58. The monoisotopic (exact) mass is 349 g/mol. The van der Waals surface area contributed by atoms with Gasteiger partial charge in [-0.25, -0.2) is 4.58 Å². The Balaban J connectivity index is 1.90. The number of fused-ring (bicyclic) bond motifs is 2. The Morgan fingerprint density at radius 2 is 1.52 bits per heavy atom. The van der Waals surface area contributed by atoms with Gasteiger partial charge in [0, 0.05) is 41.4 Å². The molecule has 0 N–H and O–H groups in total. The van der Waals surface area contributed by atoms with E-state index >= 15 is 0 Å². The van der Waals surface area contributed by atoms with Crippen molar-refractivity contribution in [2.45, 2.75) is 0 Å². The number of rotatable bonds is 2. The third-order valence-electron chi connectivity index (χ3n) is 5.40. The molecule has 1 aliphatic heterocycles. The summed E-state index contributed by atoms with van der Waals surface area (Å²) in [6.07, 6.45) is 4.52. The van der Waals surface area contributed by atoms with E-state index in [1.807, 2.05) is 0 Å². The van der Waals surface area contributed by atoms with Crippen molar-refractivity contribution in [2.75, 3.05) is 7.05 Å². The number of allylic oxidation sites excluding steroid dienone is 1. The fourth-order valence-corrected chi connectivity index (χ4v) is 4.14. The summed E-state index contributed by atoms with van der Waals surface area (Å²) in [6.45, 7) is 0. The third kappa shape index (κ3) is 2.45. The summed E-state index contributed by atoms with van der Waals surface area (Å²) in [6, 6.07) is 28.0. The van der Waals surface area contributed by atoms with Crippen LogP contribution in [0.5, 0.6) is 0 Å². The quantitative estimate of drug-likeness (QED) is 0.423. The second-order valence-corrected chi connectivity index (χ2v) is 7.08. The molecule has 0 fully saturated rings. The molecule has 0 radical (unpaired) electrons. The maximum atomic E-state index is 2.26. The van der Waals surface area contributed by atoms with Crippen molar-refractivity contribution in [2.24, 2.45) is 7.05 Å². The molecule has 27 heavy (non-hydrogen) atoms. The van der Waals surface area contributed by atoms with E-state index in [2.05, 4.69) is 115 Å². The number of hydrogen-bond donors (Lipinski definition) is 0. The van der Waals surface area contributed by atoms with Gasteiger partial charge in [0.05, 0.1) is 11.1 Å². The number of hydrogen-bond acceptors (Lipinski definition) is 0. The molecule has 0 amide bonds. The molecule has 0 saturated carbocycles.